The van der Waals surface area contributed by atoms with Crippen molar-refractivity contribution >= 4 is 49.9 Å². The second-order valence-electron chi connectivity index (χ2n) is 3.98. The molecule has 6 heteroatoms. The molecular formula is C15H14ClLiO3P. The van der Waals surface area contributed by atoms with Gasteiger partial charge in [0.1, 0.15) is 11.3 Å². The first-order valence-corrected chi connectivity index (χ1v) is 7.32. The summed E-state index contributed by atoms with van der Waals surface area (Å²) in [5.74, 6) is 0.833. The molecule has 0 bridgehead atoms. The third kappa shape index (κ3) is 4.25. The Kier molecular flexibility index (Phi) is 7.29. The van der Waals surface area contributed by atoms with Gasteiger partial charge in [-0.25, -0.2) is 0 Å². The van der Waals surface area contributed by atoms with E-state index in [4.69, 9.17) is 21.1 Å². The molecule has 1 radical (unpaired) electrons. The van der Waals surface area contributed by atoms with E-state index >= 15 is 0 Å². The van der Waals surface area contributed by atoms with Crippen LogP contribution in [-0.2, 0) is 0 Å². The molecule has 0 N–H and O–H groups in total. The summed E-state index contributed by atoms with van der Waals surface area (Å²) >= 11 is 6.08. The van der Waals surface area contributed by atoms with Crippen LogP contribution in [0.5, 0.6) is 11.5 Å². The Labute approximate surface area is 142 Å². The van der Waals surface area contributed by atoms with Gasteiger partial charge in [0.15, 0.2) is 11.3 Å². The van der Waals surface area contributed by atoms with Gasteiger partial charge in [0.05, 0.1) is 19.2 Å². The average Bonchev–Trinajstić information content (AvgIpc) is 2.47. The van der Waals surface area contributed by atoms with Crippen LogP contribution in [0.15, 0.2) is 42.5 Å². The molecule has 3 nitrogen and oxygen atoms in total. The number of hydrogen-bond donors (Lipinski definition) is 0. The fourth-order valence-electron chi connectivity index (χ4n) is 1.84. The van der Waals surface area contributed by atoms with E-state index < -0.39 is 0 Å². The first kappa shape index (κ1) is 18.1. The van der Waals surface area contributed by atoms with Crippen LogP contribution in [0.2, 0.25) is 5.02 Å². The van der Waals surface area contributed by atoms with Crippen molar-refractivity contribution in [1.29, 1.82) is 0 Å². The normalized spacial score (nSPS) is 10.2. The van der Waals surface area contributed by atoms with Gasteiger partial charge in [-0.2, -0.15) is 0 Å². The molecule has 2 rings (SSSR count). The van der Waals surface area contributed by atoms with Gasteiger partial charge in [-0.15, -0.1) is 0 Å². The minimum absolute atomic E-state index is 0. The molecule has 0 heterocycles. The van der Waals surface area contributed by atoms with Gasteiger partial charge in [-0.3, -0.25) is 4.79 Å². The summed E-state index contributed by atoms with van der Waals surface area (Å²) in [6, 6.07) is 12.9. The standard InChI is InChI=1S/C15H14ClO3P.Li/c1-18-12-9-8-11(16)14(19-2)13(12)15(17)20-10-6-4-3-5-7-10;/h3-9,20H,1-2H3;. The minimum Gasteiger partial charge on any atom is -0.496 e. The van der Waals surface area contributed by atoms with Crippen LogP contribution < -0.4 is 14.8 Å². The van der Waals surface area contributed by atoms with E-state index in [0.29, 0.717) is 22.1 Å². The van der Waals surface area contributed by atoms with Crippen molar-refractivity contribution in [3.8, 4) is 11.5 Å². The number of ether oxygens (including phenoxy) is 2. The minimum atomic E-state index is -0.0626. The largest absolute Gasteiger partial charge is 0.496 e. The third-order valence-electron chi connectivity index (χ3n) is 2.75. The second kappa shape index (κ2) is 8.47. The Morgan fingerprint density at radius 2 is 1.71 bits per heavy atom. The molecule has 105 valence electrons. The fraction of sp³-hybridized carbons (Fsp3) is 0.133. The maximum Gasteiger partial charge on any atom is 0.193 e. The summed E-state index contributed by atoms with van der Waals surface area (Å²) in [5.41, 5.74) is 0.331. The smallest absolute Gasteiger partial charge is 0.193 e. The molecule has 0 amide bonds. The Bertz CT molecular complexity index is 620. The van der Waals surface area contributed by atoms with Crippen LogP contribution in [0.4, 0.5) is 0 Å². The van der Waals surface area contributed by atoms with Crippen molar-refractivity contribution in [1.82, 2.24) is 0 Å². The first-order valence-electron chi connectivity index (χ1n) is 5.94. The van der Waals surface area contributed by atoms with Gasteiger partial charge in [-0.1, -0.05) is 41.9 Å². The van der Waals surface area contributed by atoms with Gasteiger partial charge < -0.3 is 9.47 Å². The molecule has 0 fully saturated rings. The number of rotatable bonds is 5. The summed E-state index contributed by atoms with van der Waals surface area (Å²) in [4.78, 5) is 12.5. The average molecular weight is 316 g/mol. The van der Waals surface area contributed by atoms with E-state index in [2.05, 4.69) is 0 Å². The van der Waals surface area contributed by atoms with Crippen molar-refractivity contribution in [3.63, 3.8) is 0 Å². The summed E-state index contributed by atoms with van der Waals surface area (Å²) < 4.78 is 10.5. The number of benzene rings is 2. The van der Waals surface area contributed by atoms with Gasteiger partial charge in [0.2, 0.25) is 0 Å². The van der Waals surface area contributed by atoms with Crippen molar-refractivity contribution in [3.05, 3.63) is 53.1 Å². The van der Waals surface area contributed by atoms with Crippen molar-refractivity contribution in [2.45, 2.75) is 0 Å². The Morgan fingerprint density at radius 1 is 1.05 bits per heavy atom. The van der Waals surface area contributed by atoms with E-state index in [0.717, 1.165) is 5.30 Å². The van der Waals surface area contributed by atoms with E-state index in [-0.39, 0.29) is 33.0 Å². The van der Waals surface area contributed by atoms with Gasteiger partial charge >= 0.3 is 0 Å². The zero-order valence-electron chi connectivity index (χ0n) is 12.1. The number of carbonyl (C=O) groups is 1. The molecule has 1 atom stereocenters. The summed E-state index contributed by atoms with van der Waals surface area (Å²) in [6.45, 7) is 0. The summed E-state index contributed by atoms with van der Waals surface area (Å²) in [6.07, 6.45) is 0. The fourth-order valence-corrected chi connectivity index (χ4v) is 3.06. The molecule has 21 heavy (non-hydrogen) atoms. The predicted molar refractivity (Wildman–Crippen MR) is 89.0 cm³/mol. The molecular weight excluding hydrogens is 302 g/mol. The van der Waals surface area contributed by atoms with Crippen molar-refractivity contribution < 1.29 is 14.3 Å². The molecule has 0 aliphatic heterocycles. The Morgan fingerprint density at radius 3 is 2.29 bits per heavy atom. The Hall–Kier alpha value is -0.973. The van der Waals surface area contributed by atoms with Crippen LogP contribution in [0.1, 0.15) is 10.4 Å². The molecule has 0 saturated carbocycles. The maximum atomic E-state index is 12.5. The van der Waals surface area contributed by atoms with Crippen LogP contribution in [0.3, 0.4) is 0 Å². The zero-order valence-corrected chi connectivity index (χ0v) is 13.9. The molecule has 2 aromatic rings. The van der Waals surface area contributed by atoms with Crippen LogP contribution >= 0.6 is 20.2 Å². The number of halogens is 1. The molecule has 0 spiro atoms. The zero-order chi connectivity index (χ0) is 14.5. The molecule has 0 aliphatic carbocycles. The van der Waals surface area contributed by atoms with E-state index in [1.807, 2.05) is 30.3 Å². The predicted octanol–water partition coefficient (Wildman–Crippen LogP) is 3.12. The summed E-state index contributed by atoms with van der Waals surface area (Å²) in [5, 5.41) is 1.36. The summed E-state index contributed by atoms with van der Waals surface area (Å²) in [7, 11) is 3.00. The molecule has 0 saturated heterocycles. The third-order valence-corrected chi connectivity index (χ3v) is 4.15. The maximum absolute atomic E-state index is 12.5. The molecule has 1 unspecified atom stereocenters. The molecule has 2 aromatic carbocycles. The van der Waals surface area contributed by atoms with Crippen molar-refractivity contribution in [2.75, 3.05) is 14.2 Å². The van der Waals surface area contributed by atoms with Gasteiger partial charge in [-0.05, 0) is 26.0 Å². The molecule has 0 aromatic heterocycles. The van der Waals surface area contributed by atoms with Crippen molar-refractivity contribution in [2.24, 2.45) is 0 Å². The quantitative estimate of drug-likeness (QED) is 0.628. The first-order chi connectivity index (χ1) is 9.67. The van der Waals surface area contributed by atoms with Gasteiger partial charge in [0.25, 0.3) is 0 Å². The number of methoxy groups -OCH3 is 2. The number of carbonyl (C=O) groups excluding carboxylic acids is 1. The topological polar surface area (TPSA) is 35.5 Å². The van der Waals surface area contributed by atoms with E-state index in [1.54, 1.807) is 12.1 Å². The van der Waals surface area contributed by atoms with E-state index in [9.17, 15) is 4.79 Å². The van der Waals surface area contributed by atoms with Crippen LogP contribution in [0, 0.1) is 0 Å². The number of hydrogen-bond acceptors (Lipinski definition) is 3. The van der Waals surface area contributed by atoms with Crippen LogP contribution in [0.25, 0.3) is 0 Å². The van der Waals surface area contributed by atoms with Crippen LogP contribution in [-0.4, -0.2) is 38.6 Å². The van der Waals surface area contributed by atoms with E-state index in [1.165, 1.54) is 14.2 Å². The SMILES string of the molecule is COc1ccc(Cl)c(OC)c1C(=O)Pc1ccccc1.[Li]. The Balaban J connectivity index is 0.00000220. The monoisotopic (exact) mass is 315 g/mol. The second-order valence-corrected chi connectivity index (χ2v) is 5.67. The van der Waals surface area contributed by atoms with Gasteiger partial charge in [0, 0.05) is 18.9 Å². The molecule has 0 aliphatic rings.